The third kappa shape index (κ3) is 3.90. The van der Waals surface area contributed by atoms with E-state index in [1.54, 1.807) is 12.1 Å². The van der Waals surface area contributed by atoms with E-state index in [4.69, 9.17) is 4.74 Å². The number of likely N-dealkylation sites (tertiary alicyclic amines) is 1. The summed E-state index contributed by atoms with van der Waals surface area (Å²) in [6.45, 7) is 4.69. The Bertz CT molecular complexity index is 1020. The van der Waals surface area contributed by atoms with Crippen LogP contribution in [-0.4, -0.2) is 84.4 Å². The molecule has 3 fully saturated rings. The largest absolute Gasteiger partial charge is 0.376 e. The van der Waals surface area contributed by atoms with Crippen molar-refractivity contribution in [2.45, 2.75) is 69.7 Å². The molecule has 1 aromatic carbocycles. The Kier molecular flexibility index (Phi) is 6.16. The number of piperidine rings is 1. The minimum atomic E-state index is -0.946. The highest BCUT2D eigenvalue weighted by Crippen LogP contribution is 2.35. The highest BCUT2D eigenvalue weighted by molar-refractivity contribution is 6.23. The van der Waals surface area contributed by atoms with Crippen LogP contribution in [0.1, 0.15) is 66.2 Å². The number of benzene rings is 1. The van der Waals surface area contributed by atoms with Crippen molar-refractivity contribution in [3.63, 3.8) is 0 Å². The summed E-state index contributed by atoms with van der Waals surface area (Å²) in [6.07, 6.45) is 5.18. The van der Waals surface area contributed by atoms with Gasteiger partial charge in [-0.2, -0.15) is 0 Å². The molecule has 0 bridgehead atoms. The molecule has 1 saturated carbocycles. The van der Waals surface area contributed by atoms with Crippen molar-refractivity contribution in [3.8, 4) is 0 Å². The van der Waals surface area contributed by atoms with Gasteiger partial charge in [0, 0.05) is 50.9 Å². The maximum absolute atomic E-state index is 13.2. The zero-order valence-electron chi connectivity index (χ0n) is 19.8. The molecule has 3 heterocycles. The molecular weight excluding hydrogens is 436 g/mol. The predicted molar refractivity (Wildman–Crippen MR) is 125 cm³/mol. The van der Waals surface area contributed by atoms with Crippen molar-refractivity contribution < 1.29 is 23.9 Å². The van der Waals surface area contributed by atoms with Crippen molar-refractivity contribution in [1.29, 1.82) is 0 Å². The monoisotopic (exact) mass is 468 g/mol. The van der Waals surface area contributed by atoms with Gasteiger partial charge in [0.05, 0.1) is 17.2 Å². The Hall–Kier alpha value is -2.78. The van der Waals surface area contributed by atoms with E-state index in [9.17, 15) is 19.2 Å². The second kappa shape index (κ2) is 9.11. The van der Waals surface area contributed by atoms with Crippen molar-refractivity contribution in [2.24, 2.45) is 0 Å². The lowest BCUT2D eigenvalue weighted by Crippen LogP contribution is -2.62. The molecule has 0 spiro atoms. The van der Waals surface area contributed by atoms with Crippen molar-refractivity contribution in [3.05, 3.63) is 29.3 Å². The summed E-state index contributed by atoms with van der Waals surface area (Å²) in [7, 11) is 2.06. The van der Waals surface area contributed by atoms with E-state index in [0.717, 1.165) is 43.1 Å². The van der Waals surface area contributed by atoms with Crippen molar-refractivity contribution in [1.82, 2.24) is 15.1 Å². The van der Waals surface area contributed by atoms with Crippen LogP contribution in [0.25, 0.3) is 0 Å². The highest BCUT2D eigenvalue weighted by Gasteiger charge is 2.45. The van der Waals surface area contributed by atoms with Crippen LogP contribution in [0.4, 0.5) is 5.69 Å². The minimum Gasteiger partial charge on any atom is -0.376 e. The summed E-state index contributed by atoms with van der Waals surface area (Å²) in [5.41, 5.74) is 1.53. The van der Waals surface area contributed by atoms with E-state index in [1.165, 1.54) is 12.8 Å². The quantitative estimate of drug-likeness (QED) is 0.633. The normalized spacial score (nSPS) is 28.1. The maximum atomic E-state index is 13.2. The fourth-order valence-electron chi connectivity index (χ4n) is 5.92. The summed E-state index contributed by atoms with van der Waals surface area (Å²) in [6, 6.07) is 5.17. The smallest absolute Gasteiger partial charge is 0.262 e. The summed E-state index contributed by atoms with van der Waals surface area (Å²) in [5, 5.41) is 2.24. The van der Waals surface area contributed by atoms with Crippen LogP contribution in [0.15, 0.2) is 18.2 Å². The molecule has 5 rings (SSSR count). The Morgan fingerprint density at radius 2 is 1.76 bits per heavy atom. The van der Waals surface area contributed by atoms with Gasteiger partial charge in [0.1, 0.15) is 6.04 Å². The van der Waals surface area contributed by atoms with Gasteiger partial charge in [-0.25, -0.2) is 0 Å². The van der Waals surface area contributed by atoms with Crippen LogP contribution >= 0.6 is 0 Å². The number of carbonyl (C=O) groups is 4. The highest BCUT2D eigenvalue weighted by atomic mass is 16.5. The average molecular weight is 469 g/mol. The minimum absolute atomic E-state index is 0.113. The average Bonchev–Trinajstić information content (AvgIpc) is 3.05. The van der Waals surface area contributed by atoms with E-state index in [-0.39, 0.29) is 18.7 Å². The maximum Gasteiger partial charge on any atom is 0.262 e. The molecule has 4 aliphatic rings. The third-order valence-corrected chi connectivity index (χ3v) is 7.77. The number of nitrogens with zero attached hydrogens (tertiary/aromatic N) is 3. The van der Waals surface area contributed by atoms with Crippen LogP contribution in [0.5, 0.6) is 0 Å². The molecule has 3 aliphatic heterocycles. The predicted octanol–water partition coefficient (Wildman–Crippen LogP) is 1.56. The van der Waals surface area contributed by atoms with Crippen LogP contribution in [0.3, 0.4) is 0 Å². The summed E-state index contributed by atoms with van der Waals surface area (Å²) in [5.74, 6) is -1.90. The van der Waals surface area contributed by atoms with E-state index in [2.05, 4.69) is 22.2 Å². The Balaban J connectivity index is 1.34. The number of carbonyl (C=O) groups excluding carboxylic acids is 4. The number of imide groups is 2. The number of hydrogen-bond donors (Lipinski definition) is 1. The van der Waals surface area contributed by atoms with Gasteiger partial charge in [0.2, 0.25) is 11.8 Å². The Morgan fingerprint density at radius 1 is 1.03 bits per heavy atom. The van der Waals surface area contributed by atoms with Crippen LogP contribution in [0.2, 0.25) is 0 Å². The molecule has 34 heavy (non-hydrogen) atoms. The van der Waals surface area contributed by atoms with Gasteiger partial charge in [0.15, 0.2) is 0 Å². The first-order valence-electron chi connectivity index (χ1n) is 12.3. The van der Waals surface area contributed by atoms with Crippen LogP contribution in [-0.2, 0) is 14.3 Å². The van der Waals surface area contributed by atoms with E-state index < -0.39 is 23.8 Å². The molecule has 1 aliphatic carbocycles. The van der Waals surface area contributed by atoms with Gasteiger partial charge in [-0.15, -0.1) is 0 Å². The van der Waals surface area contributed by atoms with Crippen molar-refractivity contribution in [2.75, 3.05) is 31.6 Å². The number of nitrogens with one attached hydrogen (secondary N) is 1. The number of rotatable bonds is 6. The summed E-state index contributed by atoms with van der Waals surface area (Å²) < 4.78 is 5.75. The standard InChI is InChI=1S/C25H32N4O5/c1-3-34-16-13-28(14-16)20-7-5-4-6-19(20)27(2)15-8-9-17-18(12-15)25(33)29(24(17)32)21-10-11-22(30)26-23(21)31/h8-9,12,16,19-21H,3-7,10-11,13-14H2,1-2H3,(H,26,30,31)/t19-,20-,21?/m1/s1. The van der Waals surface area contributed by atoms with Gasteiger partial charge in [-0.3, -0.25) is 34.3 Å². The number of hydrogen-bond acceptors (Lipinski definition) is 7. The van der Waals surface area contributed by atoms with Gasteiger partial charge < -0.3 is 9.64 Å². The SMILES string of the molecule is CCOC1CN([C@@H]2CCCC[C@H]2N(C)c2ccc3c(c2)C(=O)N(C2CCC(=O)NC2=O)C3=O)C1. The topological polar surface area (TPSA) is 99.3 Å². The zero-order chi connectivity index (χ0) is 24.0. The Morgan fingerprint density at radius 3 is 2.50 bits per heavy atom. The fraction of sp³-hybridized carbons (Fsp3) is 0.600. The van der Waals surface area contributed by atoms with E-state index in [0.29, 0.717) is 29.3 Å². The number of anilines is 1. The molecule has 9 heteroatoms. The number of fused-ring (bicyclic) bond motifs is 1. The molecule has 0 radical (unpaired) electrons. The second-order valence-electron chi connectivity index (χ2n) is 9.74. The van der Waals surface area contributed by atoms with Gasteiger partial charge >= 0.3 is 0 Å². The van der Waals surface area contributed by atoms with Gasteiger partial charge in [-0.1, -0.05) is 12.8 Å². The molecule has 1 unspecified atom stereocenters. The molecule has 0 aromatic heterocycles. The molecule has 182 valence electrons. The first-order chi connectivity index (χ1) is 16.4. The molecular formula is C25H32N4O5. The summed E-state index contributed by atoms with van der Waals surface area (Å²) in [4.78, 5) is 55.8. The zero-order valence-corrected chi connectivity index (χ0v) is 19.8. The van der Waals surface area contributed by atoms with E-state index >= 15 is 0 Å². The molecule has 1 aromatic rings. The number of ether oxygens (including phenoxy) is 1. The van der Waals surface area contributed by atoms with Gasteiger partial charge in [0.25, 0.3) is 11.8 Å². The van der Waals surface area contributed by atoms with Crippen LogP contribution < -0.4 is 10.2 Å². The molecule has 9 nitrogen and oxygen atoms in total. The second-order valence-corrected chi connectivity index (χ2v) is 9.74. The fourth-order valence-corrected chi connectivity index (χ4v) is 5.92. The van der Waals surface area contributed by atoms with E-state index in [1.807, 2.05) is 13.0 Å². The molecule has 4 amide bonds. The lowest BCUT2D eigenvalue weighted by atomic mass is 9.86. The lowest BCUT2D eigenvalue weighted by molar-refractivity contribution is -0.136. The lowest BCUT2D eigenvalue weighted by Gasteiger charge is -2.50. The van der Waals surface area contributed by atoms with Gasteiger partial charge in [-0.05, 0) is 44.4 Å². The molecule has 3 atom stereocenters. The first kappa shape index (κ1) is 23.0. The molecule has 2 saturated heterocycles. The first-order valence-corrected chi connectivity index (χ1v) is 12.3. The summed E-state index contributed by atoms with van der Waals surface area (Å²) >= 11 is 0. The number of amides is 4. The molecule has 1 N–H and O–H groups in total. The Labute approximate surface area is 199 Å². The van der Waals surface area contributed by atoms with Crippen LogP contribution in [0, 0.1) is 0 Å². The third-order valence-electron chi connectivity index (χ3n) is 7.77. The van der Waals surface area contributed by atoms with Crippen molar-refractivity contribution >= 4 is 29.3 Å². The number of likely N-dealkylation sites (N-methyl/N-ethyl adjacent to an activating group) is 1.